The van der Waals surface area contributed by atoms with Gasteiger partial charge in [-0.1, -0.05) is 78.5 Å². The zero-order valence-corrected chi connectivity index (χ0v) is 21.0. The second kappa shape index (κ2) is 10.7. The lowest BCUT2D eigenvalue weighted by molar-refractivity contribution is -0.115. The van der Waals surface area contributed by atoms with Crippen LogP contribution >= 0.6 is 11.8 Å². The van der Waals surface area contributed by atoms with Gasteiger partial charge in [-0.2, -0.15) is 0 Å². The molecule has 0 fully saturated rings. The lowest BCUT2D eigenvalue weighted by Gasteiger charge is -2.15. The van der Waals surface area contributed by atoms with Crippen molar-refractivity contribution in [2.24, 2.45) is 0 Å². The van der Waals surface area contributed by atoms with Gasteiger partial charge in [0.15, 0.2) is 11.0 Å². The van der Waals surface area contributed by atoms with Crippen LogP contribution in [0.1, 0.15) is 18.3 Å². The Morgan fingerprint density at radius 1 is 0.917 bits per heavy atom. The van der Waals surface area contributed by atoms with Crippen molar-refractivity contribution in [3.63, 3.8) is 0 Å². The van der Waals surface area contributed by atoms with Crippen molar-refractivity contribution in [1.82, 2.24) is 14.8 Å². The summed E-state index contributed by atoms with van der Waals surface area (Å²) in [5.74, 6) is 0.685. The molecule has 36 heavy (non-hydrogen) atoms. The van der Waals surface area contributed by atoms with E-state index in [0.717, 1.165) is 33.7 Å². The van der Waals surface area contributed by atoms with Gasteiger partial charge in [0.25, 0.3) is 0 Å². The van der Waals surface area contributed by atoms with E-state index in [1.54, 1.807) is 0 Å². The summed E-state index contributed by atoms with van der Waals surface area (Å²) in [5, 5.41) is 17.8. The number of anilines is 2. The molecule has 7 heteroatoms. The van der Waals surface area contributed by atoms with Gasteiger partial charge in [-0.15, -0.1) is 10.2 Å². The quantitative estimate of drug-likeness (QED) is 0.243. The van der Waals surface area contributed by atoms with Crippen LogP contribution in [-0.2, 0) is 11.3 Å². The Balaban J connectivity index is 1.37. The van der Waals surface area contributed by atoms with E-state index >= 15 is 0 Å². The molecule has 0 saturated heterocycles. The molecular weight excluding hydrogens is 466 g/mol. The molecule has 1 amide bonds. The number of rotatable bonds is 8. The minimum Gasteiger partial charge on any atom is -0.378 e. The number of hydrogen-bond acceptors (Lipinski definition) is 5. The summed E-state index contributed by atoms with van der Waals surface area (Å²) < 4.78 is 2.01. The number of fused-ring (bicyclic) bond motifs is 1. The van der Waals surface area contributed by atoms with Crippen molar-refractivity contribution < 1.29 is 4.79 Å². The van der Waals surface area contributed by atoms with Crippen molar-refractivity contribution in [3.05, 3.63) is 108 Å². The molecule has 5 rings (SSSR count). The molecular formula is C29H27N5OS. The smallest absolute Gasteiger partial charge is 0.237 e. The fourth-order valence-electron chi connectivity index (χ4n) is 4.04. The highest BCUT2D eigenvalue weighted by Crippen LogP contribution is 2.28. The van der Waals surface area contributed by atoms with Crippen LogP contribution in [0.25, 0.3) is 16.5 Å². The van der Waals surface area contributed by atoms with Crippen LogP contribution in [0.15, 0.2) is 102 Å². The van der Waals surface area contributed by atoms with E-state index in [2.05, 4.69) is 39.9 Å². The Morgan fingerprint density at radius 2 is 1.67 bits per heavy atom. The molecule has 1 atom stereocenters. The molecule has 0 aliphatic carbocycles. The highest BCUT2D eigenvalue weighted by molar-refractivity contribution is 8.00. The zero-order chi connectivity index (χ0) is 24.9. The van der Waals surface area contributed by atoms with Gasteiger partial charge in [-0.25, -0.2) is 0 Å². The lowest BCUT2D eigenvalue weighted by Crippen LogP contribution is -2.23. The maximum absolute atomic E-state index is 13.2. The second-order valence-electron chi connectivity index (χ2n) is 8.57. The third kappa shape index (κ3) is 5.26. The van der Waals surface area contributed by atoms with Crippen LogP contribution < -0.4 is 10.6 Å². The maximum Gasteiger partial charge on any atom is 0.237 e. The summed E-state index contributed by atoms with van der Waals surface area (Å²) in [6.45, 7) is 4.46. The monoisotopic (exact) mass is 493 g/mol. The van der Waals surface area contributed by atoms with Crippen LogP contribution in [0.3, 0.4) is 0 Å². The molecule has 4 aromatic carbocycles. The van der Waals surface area contributed by atoms with Gasteiger partial charge in [0.1, 0.15) is 0 Å². The predicted octanol–water partition coefficient (Wildman–Crippen LogP) is 6.46. The van der Waals surface area contributed by atoms with Crippen molar-refractivity contribution in [2.75, 3.05) is 10.6 Å². The number of carbonyl (C=O) groups excluding carboxylic acids is 1. The van der Waals surface area contributed by atoms with Crippen LogP contribution in [0.4, 0.5) is 11.4 Å². The fourth-order valence-corrected chi connectivity index (χ4v) is 4.93. The molecule has 1 heterocycles. The van der Waals surface area contributed by atoms with Gasteiger partial charge in [0.05, 0.1) is 11.8 Å². The van der Waals surface area contributed by atoms with Crippen LogP contribution in [0, 0.1) is 6.92 Å². The Hall–Kier alpha value is -4.10. The normalized spacial score (nSPS) is 11.8. The molecule has 0 bridgehead atoms. The average Bonchev–Trinajstić information content (AvgIpc) is 3.30. The first-order valence-corrected chi connectivity index (χ1v) is 12.7. The number of hydrogen-bond donors (Lipinski definition) is 2. The fraction of sp³-hybridized carbons (Fsp3) is 0.138. The summed E-state index contributed by atoms with van der Waals surface area (Å²) in [6.07, 6.45) is 0. The first kappa shape index (κ1) is 23.6. The van der Waals surface area contributed by atoms with Gasteiger partial charge in [0, 0.05) is 22.4 Å². The SMILES string of the molecule is Cc1cccc(NCc2nnc(SC(C)C(=O)Nc3cccc4ccccc34)n2-c2ccccc2)c1. The number of amides is 1. The highest BCUT2D eigenvalue weighted by atomic mass is 32.2. The minimum absolute atomic E-state index is 0.0848. The van der Waals surface area contributed by atoms with Crippen molar-refractivity contribution >= 4 is 39.8 Å². The minimum atomic E-state index is -0.381. The summed E-state index contributed by atoms with van der Waals surface area (Å²) in [4.78, 5) is 13.2. The van der Waals surface area contributed by atoms with Crippen molar-refractivity contribution in [3.8, 4) is 5.69 Å². The Kier molecular flexibility index (Phi) is 7.00. The summed E-state index contributed by atoms with van der Waals surface area (Å²) in [7, 11) is 0. The van der Waals surface area contributed by atoms with Gasteiger partial charge in [-0.3, -0.25) is 9.36 Å². The number of nitrogens with zero attached hydrogens (tertiary/aromatic N) is 3. The van der Waals surface area contributed by atoms with Crippen LogP contribution in [0.2, 0.25) is 0 Å². The summed E-state index contributed by atoms with van der Waals surface area (Å²) in [5.41, 5.74) is 3.97. The first-order valence-electron chi connectivity index (χ1n) is 11.8. The average molecular weight is 494 g/mol. The van der Waals surface area contributed by atoms with E-state index in [-0.39, 0.29) is 11.2 Å². The van der Waals surface area contributed by atoms with E-state index in [4.69, 9.17) is 0 Å². The van der Waals surface area contributed by atoms with Gasteiger partial charge >= 0.3 is 0 Å². The van der Waals surface area contributed by atoms with Gasteiger partial charge in [-0.05, 0) is 55.1 Å². The standard InChI is InChI=1S/C29H27N5OS/c1-20-10-8-13-23(18-20)30-19-27-32-33-29(34(27)24-14-4-3-5-15-24)36-21(2)28(35)31-26-17-9-12-22-11-6-7-16-25(22)26/h3-18,21,30H,19H2,1-2H3,(H,31,35). The molecule has 0 aliphatic rings. The van der Waals surface area contributed by atoms with Crippen LogP contribution in [0.5, 0.6) is 0 Å². The number of thioether (sulfide) groups is 1. The molecule has 0 spiro atoms. The van der Waals surface area contributed by atoms with Gasteiger partial charge in [0.2, 0.25) is 5.91 Å². The number of benzene rings is 4. The molecule has 180 valence electrons. The lowest BCUT2D eigenvalue weighted by atomic mass is 10.1. The molecule has 6 nitrogen and oxygen atoms in total. The number of para-hydroxylation sites is 1. The highest BCUT2D eigenvalue weighted by Gasteiger charge is 2.21. The van der Waals surface area contributed by atoms with E-state index in [9.17, 15) is 4.79 Å². The van der Waals surface area contributed by atoms with Crippen molar-refractivity contribution in [2.45, 2.75) is 30.8 Å². The predicted molar refractivity (Wildman–Crippen MR) is 148 cm³/mol. The zero-order valence-electron chi connectivity index (χ0n) is 20.2. The number of aryl methyl sites for hydroxylation is 1. The number of carbonyl (C=O) groups is 1. The second-order valence-corrected chi connectivity index (χ2v) is 9.88. The Morgan fingerprint density at radius 3 is 2.50 bits per heavy atom. The maximum atomic E-state index is 13.2. The van der Waals surface area contributed by atoms with Crippen LogP contribution in [-0.4, -0.2) is 25.9 Å². The van der Waals surface area contributed by atoms with E-state index in [1.807, 2.05) is 96.4 Å². The van der Waals surface area contributed by atoms with E-state index in [0.29, 0.717) is 11.7 Å². The number of aromatic nitrogens is 3. The molecule has 5 aromatic rings. The Labute approximate surface area is 214 Å². The summed E-state index contributed by atoms with van der Waals surface area (Å²) in [6, 6.07) is 32.2. The van der Waals surface area contributed by atoms with Crippen molar-refractivity contribution in [1.29, 1.82) is 0 Å². The molecule has 1 aromatic heterocycles. The largest absolute Gasteiger partial charge is 0.378 e. The molecule has 0 aliphatic heterocycles. The summed E-state index contributed by atoms with van der Waals surface area (Å²) >= 11 is 1.39. The molecule has 2 N–H and O–H groups in total. The third-order valence-electron chi connectivity index (χ3n) is 5.88. The third-order valence-corrected chi connectivity index (χ3v) is 6.93. The van der Waals surface area contributed by atoms with Gasteiger partial charge < -0.3 is 10.6 Å². The molecule has 1 unspecified atom stereocenters. The van der Waals surface area contributed by atoms with E-state index in [1.165, 1.54) is 17.3 Å². The molecule has 0 radical (unpaired) electrons. The number of nitrogens with one attached hydrogen (secondary N) is 2. The van der Waals surface area contributed by atoms with E-state index < -0.39 is 0 Å². The molecule has 0 saturated carbocycles. The first-order chi connectivity index (χ1) is 17.6. The topological polar surface area (TPSA) is 71.8 Å². The Bertz CT molecular complexity index is 1490.